The van der Waals surface area contributed by atoms with Crippen molar-refractivity contribution < 1.29 is 13.2 Å². The van der Waals surface area contributed by atoms with Crippen LogP contribution in [0.25, 0.3) is 11.0 Å². The molecule has 2 aromatic heterocycles. The lowest BCUT2D eigenvalue weighted by atomic mass is 10.2. The summed E-state index contributed by atoms with van der Waals surface area (Å²) < 4.78 is 27.2. The van der Waals surface area contributed by atoms with Crippen molar-refractivity contribution in [2.45, 2.75) is 24.3 Å². The van der Waals surface area contributed by atoms with E-state index in [1.807, 2.05) is 0 Å². The molecule has 0 aliphatic rings. The van der Waals surface area contributed by atoms with Crippen LogP contribution in [-0.4, -0.2) is 52.7 Å². The van der Waals surface area contributed by atoms with Crippen LogP contribution in [0.2, 0.25) is 0 Å². The van der Waals surface area contributed by atoms with Crippen LogP contribution in [-0.2, 0) is 21.4 Å². The van der Waals surface area contributed by atoms with Crippen LogP contribution in [0, 0.1) is 0 Å². The number of amides is 1. The van der Waals surface area contributed by atoms with Crippen molar-refractivity contribution in [3.63, 3.8) is 0 Å². The molecule has 0 saturated carbocycles. The number of nitrogens with zero attached hydrogens (tertiary/aromatic N) is 5. The maximum atomic E-state index is 12.2. The molecule has 1 aromatic carbocycles. The van der Waals surface area contributed by atoms with Gasteiger partial charge in [-0.25, -0.2) is 17.4 Å². The standard InChI is InChI=1S/C17H20N6O3S/c1-22(2)27(25,26)14-7-8-16-15(11-14)20-21-23(16)10-4-6-17(24)19-13-5-3-9-18-12-13/h3,5,7-9,11-12H,4,6,10H2,1-2H3,(H,19,24). The number of anilines is 1. The number of carbonyl (C=O) groups excluding carboxylic acids is 1. The summed E-state index contributed by atoms with van der Waals surface area (Å²) in [7, 11) is -0.561. The third-order valence-electron chi connectivity index (χ3n) is 3.98. The fraction of sp³-hybridized carbons (Fsp3) is 0.294. The second kappa shape index (κ2) is 7.80. The summed E-state index contributed by atoms with van der Waals surface area (Å²) in [5, 5.41) is 10.9. The number of hydrogen-bond acceptors (Lipinski definition) is 6. The molecular formula is C17H20N6O3S. The molecule has 0 aliphatic heterocycles. The Morgan fingerprint density at radius 3 is 2.78 bits per heavy atom. The summed E-state index contributed by atoms with van der Waals surface area (Å²) in [6.45, 7) is 0.497. The van der Waals surface area contributed by atoms with E-state index in [4.69, 9.17) is 0 Å². The van der Waals surface area contributed by atoms with Gasteiger partial charge in [0.25, 0.3) is 0 Å². The molecule has 0 bridgehead atoms. The van der Waals surface area contributed by atoms with Gasteiger partial charge in [-0.05, 0) is 36.8 Å². The Hall–Kier alpha value is -2.85. The maximum Gasteiger partial charge on any atom is 0.242 e. The van der Waals surface area contributed by atoms with Crippen LogP contribution >= 0.6 is 0 Å². The topological polar surface area (TPSA) is 110 Å². The minimum Gasteiger partial charge on any atom is -0.325 e. The summed E-state index contributed by atoms with van der Waals surface area (Å²) in [5.74, 6) is -0.105. The molecule has 1 amide bonds. The molecule has 142 valence electrons. The molecule has 10 heteroatoms. The van der Waals surface area contributed by atoms with E-state index >= 15 is 0 Å². The van der Waals surface area contributed by atoms with E-state index in [9.17, 15) is 13.2 Å². The Morgan fingerprint density at radius 2 is 2.07 bits per heavy atom. The van der Waals surface area contributed by atoms with Gasteiger partial charge >= 0.3 is 0 Å². The van der Waals surface area contributed by atoms with Gasteiger partial charge in [-0.2, -0.15) is 0 Å². The molecule has 9 nitrogen and oxygen atoms in total. The Balaban J connectivity index is 1.63. The maximum absolute atomic E-state index is 12.2. The van der Waals surface area contributed by atoms with Crippen LogP contribution in [0.4, 0.5) is 5.69 Å². The van der Waals surface area contributed by atoms with Gasteiger partial charge in [-0.15, -0.1) is 5.10 Å². The average molecular weight is 388 g/mol. The highest BCUT2D eigenvalue weighted by Crippen LogP contribution is 2.19. The van der Waals surface area contributed by atoms with Gasteiger partial charge in [0, 0.05) is 33.3 Å². The van der Waals surface area contributed by atoms with Crippen LogP contribution in [0.3, 0.4) is 0 Å². The predicted octanol–water partition coefficient (Wildman–Crippen LogP) is 1.50. The fourth-order valence-electron chi connectivity index (χ4n) is 2.54. The largest absolute Gasteiger partial charge is 0.325 e. The van der Waals surface area contributed by atoms with Gasteiger partial charge in [-0.1, -0.05) is 5.21 Å². The lowest BCUT2D eigenvalue weighted by molar-refractivity contribution is -0.116. The molecule has 0 spiro atoms. The Kier molecular flexibility index (Phi) is 5.47. The Morgan fingerprint density at radius 1 is 1.26 bits per heavy atom. The highest BCUT2D eigenvalue weighted by Gasteiger charge is 2.18. The van der Waals surface area contributed by atoms with E-state index in [-0.39, 0.29) is 10.8 Å². The van der Waals surface area contributed by atoms with Gasteiger partial charge in [0.05, 0.1) is 22.3 Å². The molecule has 2 heterocycles. The number of pyridine rings is 1. The molecule has 0 unspecified atom stereocenters. The van der Waals surface area contributed by atoms with Gasteiger partial charge in [-0.3, -0.25) is 9.78 Å². The third-order valence-corrected chi connectivity index (χ3v) is 5.79. The van der Waals surface area contributed by atoms with Crippen LogP contribution in [0.15, 0.2) is 47.6 Å². The number of fused-ring (bicyclic) bond motifs is 1. The molecule has 1 N–H and O–H groups in total. The Bertz CT molecular complexity index is 1050. The minimum atomic E-state index is -3.52. The quantitative estimate of drug-likeness (QED) is 0.657. The lowest BCUT2D eigenvalue weighted by Crippen LogP contribution is -2.22. The second-order valence-electron chi connectivity index (χ2n) is 6.14. The SMILES string of the molecule is CN(C)S(=O)(=O)c1ccc2c(c1)nnn2CCCC(=O)Nc1cccnc1. The first-order chi connectivity index (χ1) is 12.9. The predicted molar refractivity (Wildman–Crippen MR) is 101 cm³/mol. The van der Waals surface area contributed by atoms with Crippen LogP contribution in [0.1, 0.15) is 12.8 Å². The number of aromatic nitrogens is 4. The minimum absolute atomic E-state index is 0.105. The molecular weight excluding hydrogens is 368 g/mol. The summed E-state index contributed by atoms with van der Waals surface area (Å²) >= 11 is 0. The van der Waals surface area contributed by atoms with Crippen molar-refractivity contribution in [1.82, 2.24) is 24.3 Å². The van der Waals surface area contributed by atoms with E-state index in [1.54, 1.807) is 35.3 Å². The number of carbonyl (C=O) groups is 1. The zero-order valence-electron chi connectivity index (χ0n) is 15.0. The monoisotopic (exact) mass is 388 g/mol. The molecule has 0 fully saturated rings. The molecule has 3 aromatic rings. The molecule has 0 atom stereocenters. The van der Waals surface area contributed by atoms with Crippen LogP contribution in [0.5, 0.6) is 0 Å². The smallest absolute Gasteiger partial charge is 0.242 e. The first-order valence-corrected chi connectivity index (χ1v) is 9.77. The van der Waals surface area contributed by atoms with Crippen molar-refractivity contribution >= 4 is 32.7 Å². The molecule has 0 radical (unpaired) electrons. The highest BCUT2D eigenvalue weighted by molar-refractivity contribution is 7.89. The first-order valence-electron chi connectivity index (χ1n) is 8.33. The number of nitrogens with one attached hydrogen (secondary N) is 1. The number of aryl methyl sites for hydroxylation is 1. The molecule has 0 aliphatic carbocycles. The van der Waals surface area contributed by atoms with E-state index in [2.05, 4.69) is 20.6 Å². The number of benzene rings is 1. The van der Waals surface area contributed by atoms with Crippen molar-refractivity contribution in [3.05, 3.63) is 42.7 Å². The Labute approximate surface area is 157 Å². The zero-order chi connectivity index (χ0) is 19.4. The normalized spacial score (nSPS) is 11.8. The van der Waals surface area contributed by atoms with Gasteiger partial charge in [0.1, 0.15) is 5.52 Å². The van der Waals surface area contributed by atoms with Crippen molar-refractivity contribution in [1.29, 1.82) is 0 Å². The van der Waals surface area contributed by atoms with Gasteiger partial charge in [0.2, 0.25) is 15.9 Å². The van der Waals surface area contributed by atoms with E-state index < -0.39 is 10.0 Å². The molecule has 0 saturated heterocycles. The number of rotatable bonds is 7. The highest BCUT2D eigenvalue weighted by atomic mass is 32.2. The lowest BCUT2D eigenvalue weighted by Gasteiger charge is -2.11. The third kappa shape index (κ3) is 4.29. The summed E-state index contributed by atoms with van der Waals surface area (Å²) in [6.07, 6.45) is 4.12. The molecule has 27 heavy (non-hydrogen) atoms. The van der Waals surface area contributed by atoms with Crippen LogP contribution < -0.4 is 5.32 Å². The van der Waals surface area contributed by atoms with E-state index in [0.29, 0.717) is 30.6 Å². The van der Waals surface area contributed by atoms with Gasteiger partial charge in [0.15, 0.2) is 0 Å². The summed E-state index contributed by atoms with van der Waals surface area (Å²) in [6, 6.07) is 8.24. The van der Waals surface area contributed by atoms with Crippen molar-refractivity contribution in [3.8, 4) is 0 Å². The summed E-state index contributed by atoms with van der Waals surface area (Å²) in [5.41, 5.74) is 1.88. The first kappa shape index (κ1) is 18.9. The van der Waals surface area contributed by atoms with Crippen molar-refractivity contribution in [2.24, 2.45) is 0 Å². The van der Waals surface area contributed by atoms with Gasteiger partial charge < -0.3 is 5.32 Å². The zero-order valence-corrected chi connectivity index (χ0v) is 15.8. The molecule has 3 rings (SSSR count). The van der Waals surface area contributed by atoms with E-state index in [1.165, 1.54) is 26.2 Å². The average Bonchev–Trinajstić information content (AvgIpc) is 3.05. The second-order valence-corrected chi connectivity index (χ2v) is 8.30. The fourth-order valence-corrected chi connectivity index (χ4v) is 3.46. The van der Waals surface area contributed by atoms with Crippen molar-refractivity contribution in [2.75, 3.05) is 19.4 Å². The number of hydrogen-bond donors (Lipinski definition) is 1. The number of sulfonamides is 1. The van der Waals surface area contributed by atoms with E-state index in [0.717, 1.165) is 9.82 Å². The summed E-state index contributed by atoms with van der Waals surface area (Å²) in [4.78, 5) is 16.1.